The zero-order valence-electron chi connectivity index (χ0n) is 17.8. The van der Waals surface area contributed by atoms with Gasteiger partial charge in [0.15, 0.2) is 11.5 Å². The Morgan fingerprint density at radius 3 is 2.83 bits per heavy atom. The number of carbonyl (C=O) groups excluding carboxylic acids is 1. The van der Waals surface area contributed by atoms with Gasteiger partial charge in [0.1, 0.15) is 0 Å². The topological polar surface area (TPSA) is 86.3 Å². The van der Waals surface area contributed by atoms with Crippen LogP contribution in [0.3, 0.4) is 0 Å². The third-order valence-electron chi connectivity index (χ3n) is 6.73. The van der Waals surface area contributed by atoms with Crippen molar-refractivity contribution in [2.45, 2.75) is 70.9 Å². The lowest BCUT2D eigenvalue weighted by Crippen LogP contribution is -2.30. The molecule has 2 aromatic heterocycles. The molecule has 0 radical (unpaired) electrons. The van der Waals surface area contributed by atoms with E-state index in [0.29, 0.717) is 43.6 Å². The predicted molar refractivity (Wildman–Crippen MR) is 110 cm³/mol. The smallest absolute Gasteiger partial charge is 0.278 e. The summed E-state index contributed by atoms with van der Waals surface area (Å²) in [6, 6.07) is 0. The van der Waals surface area contributed by atoms with E-state index in [4.69, 9.17) is 14.4 Å². The van der Waals surface area contributed by atoms with Gasteiger partial charge in [0.25, 0.3) is 5.89 Å². The second-order valence-electron chi connectivity index (χ2n) is 9.14. The van der Waals surface area contributed by atoms with E-state index in [0.717, 1.165) is 36.7 Å². The SMILES string of the molecule is CN(CCc1noc(-c2nn(CC3CC3)c3c2COCC3)n1)C(=O)CC1CCCC1. The van der Waals surface area contributed by atoms with E-state index in [1.807, 2.05) is 7.05 Å². The molecule has 1 aliphatic heterocycles. The van der Waals surface area contributed by atoms with Crippen molar-refractivity contribution in [3.8, 4) is 11.6 Å². The van der Waals surface area contributed by atoms with Gasteiger partial charge >= 0.3 is 0 Å². The number of fused-ring (bicyclic) bond motifs is 1. The molecule has 0 bridgehead atoms. The molecule has 1 amide bonds. The fourth-order valence-electron chi connectivity index (χ4n) is 4.64. The van der Waals surface area contributed by atoms with Crippen LogP contribution >= 0.6 is 0 Å². The molecule has 2 aromatic rings. The van der Waals surface area contributed by atoms with Crippen molar-refractivity contribution in [2.75, 3.05) is 20.2 Å². The Morgan fingerprint density at radius 1 is 1.20 bits per heavy atom. The molecule has 2 fully saturated rings. The first-order valence-electron chi connectivity index (χ1n) is 11.4. The van der Waals surface area contributed by atoms with Crippen LogP contribution in [-0.2, 0) is 35.5 Å². The number of likely N-dealkylation sites (N-methyl/N-ethyl adjacent to an activating group) is 1. The summed E-state index contributed by atoms with van der Waals surface area (Å²) in [5.74, 6) is 2.61. The Morgan fingerprint density at radius 2 is 2.03 bits per heavy atom. The third kappa shape index (κ3) is 4.29. The molecule has 5 rings (SSSR count). The summed E-state index contributed by atoms with van der Waals surface area (Å²) in [6.45, 7) is 2.85. The highest BCUT2D eigenvalue weighted by atomic mass is 16.5. The number of hydrogen-bond donors (Lipinski definition) is 0. The monoisotopic (exact) mass is 413 g/mol. The van der Waals surface area contributed by atoms with Gasteiger partial charge in [-0.25, -0.2) is 0 Å². The molecule has 30 heavy (non-hydrogen) atoms. The molecular weight excluding hydrogens is 382 g/mol. The highest BCUT2D eigenvalue weighted by Crippen LogP contribution is 2.34. The first-order valence-corrected chi connectivity index (χ1v) is 11.4. The average molecular weight is 414 g/mol. The van der Waals surface area contributed by atoms with Gasteiger partial charge < -0.3 is 14.2 Å². The van der Waals surface area contributed by atoms with Gasteiger partial charge in [-0.1, -0.05) is 18.0 Å². The summed E-state index contributed by atoms with van der Waals surface area (Å²) in [4.78, 5) is 18.8. The standard InChI is InChI=1S/C22H31N5O3/c1-26(20(28)12-15-4-2-3-5-15)10-8-19-23-22(30-25-19)21-17-14-29-11-9-18(17)27(24-21)13-16-6-7-16/h15-16H,2-14H2,1H3. The van der Waals surface area contributed by atoms with E-state index in [1.54, 1.807) is 4.90 Å². The summed E-state index contributed by atoms with van der Waals surface area (Å²) >= 11 is 0. The van der Waals surface area contributed by atoms with Crippen molar-refractivity contribution in [1.29, 1.82) is 0 Å². The van der Waals surface area contributed by atoms with Crippen LogP contribution in [0, 0.1) is 11.8 Å². The lowest BCUT2D eigenvalue weighted by molar-refractivity contribution is -0.130. The zero-order valence-corrected chi connectivity index (χ0v) is 17.8. The summed E-state index contributed by atoms with van der Waals surface area (Å²) in [5, 5.41) is 8.96. The largest absolute Gasteiger partial charge is 0.376 e. The lowest BCUT2D eigenvalue weighted by Gasteiger charge is -2.18. The summed E-state index contributed by atoms with van der Waals surface area (Å²) in [5.41, 5.74) is 3.09. The first-order chi connectivity index (χ1) is 14.7. The van der Waals surface area contributed by atoms with Gasteiger partial charge in [-0.3, -0.25) is 9.48 Å². The van der Waals surface area contributed by atoms with Crippen LogP contribution in [0.4, 0.5) is 0 Å². The maximum atomic E-state index is 12.4. The molecular formula is C22H31N5O3. The molecule has 0 atom stereocenters. The Hall–Kier alpha value is -2.22. The van der Waals surface area contributed by atoms with E-state index in [2.05, 4.69) is 14.8 Å². The van der Waals surface area contributed by atoms with Crippen molar-refractivity contribution < 1.29 is 14.1 Å². The second kappa shape index (κ2) is 8.49. The number of amides is 1. The zero-order chi connectivity index (χ0) is 20.5. The summed E-state index contributed by atoms with van der Waals surface area (Å²) in [6.07, 6.45) is 9.61. The molecule has 0 unspecified atom stereocenters. The van der Waals surface area contributed by atoms with Gasteiger partial charge in [-0.05, 0) is 37.5 Å². The molecule has 8 nitrogen and oxygen atoms in total. The van der Waals surface area contributed by atoms with Crippen molar-refractivity contribution in [2.24, 2.45) is 11.8 Å². The Kier molecular flexibility index (Phi) is 5.58. The van der Waals surface area contributed by atoms with Gasteiger partial charge in [-0.2, -0.15) is 10.1 Å². The van der Waals surface area contributed by atoms with Crippen molar-refractivity contribution in [3.05, 3.63) is 17.1 Å². The van der Waals surface area contributed by atoms with Crippen LogP contribution in [0.1, 0.15) is 62.0 Å². The molecule has 3 heterocycles. The van der Waals surface area contributed by atoms with Gasteiger partial charge in [0, 0.05) is 50.7 Å². The van der Waals surface area contributed by atoms with Crippen LogP contribution in [0.5, 0.6) is 0 Å². The van der Waals surface area contributed by atoms with Crippen LogP contribution in [-0.4, -0.2) is 50.9 Å². The Labute approximate surface area is 177 Å². The minimum atomic E-state index is 0.218. The summed E-state index contributed by atoms with van der Waals surface area (Å²) in [7, 11) is 1.87. The number of rotatable bonds is 8. The lowest BCUT2D eigenvalue weighted by atomic mass is 10.0. The van der Waals surface area contributed by atoms with Crippen molar-refractivity contribution in [1.82, 2.24) is 24.8 Å². The maximum Gasteiger partial charge on any atom is 0.278 e. The van der Waals surface area contributed by atoms with Crippen LogP contribution in [0.25, 0.3) is 11.6 Å². The van der Waals surface area contributed by atoms with E-state index in [1.165, 1.54) is 44.2 Å². The normalized spacial score (nSPS) is 19.2. The molecule has 2 saturated carbocycles. The number of ether oxygens (including phenoxy) is 1. The van der Waals surface area contributed by atoms with E-state index in [9.17, 15) is 4.79 Å². The van der Waals surface area contributed by atoms with E-state index >= 15 is 0 Å². The predicted octanol–water partition coefficient (Wildman–Crippen LogP) is 3.00. The third-order valence-corrected chi connectivity index (χ3v) is 6.73. The van der Waals surface area contributed by atoms with E-state index < -0.39 is 0 Å². The Balaban J connectivity index is 1.23. The van der Waals surface area contributed by atoms with Crippen LogP contribution < -0.4 is 0 Å². The second-order valence-corrected chi connectivity index (χ2v) is 9.14. The average Bonchev–Trinajstić information content (AvgIpc) is 3.12. The van der Waals surface area contributed by atoms with Gasteiger partial charge in [0.2, 0.25) is 5.91 Å². The molecule has 8 heteroatoms. The molecule has 0 spiro atoms. The minimum absolute atomic E-state index is 0.218. The number of nitrogens with zero attached hydrogens (tertiary/aromatic N) is 5. The maximum absolute atomic E-state index is 12.4. The van der Waals surface area contributed by atoms with Crippen molar-refractivity contribution in [3.63, 3.8) is 0 Å². The van der Waals surface area contributed by atoms with E-state index in [-0.39, 0.29) is 5.91 Å². The number of aromatic nitrogens is 4. The highest BCUT2D eigenvalue weighted by molar-refractivity contribution is 5.76. The van der Waals surface area contributed by atoms with Gasteiger partial charge in [-0.15, -0.1) is 0 Å². The van der Waals surface area contributed by atoms with Gasteiger partial charge in [0.05, 0.1) is 13.2 Å². The molecule has 0 saturated heterocycles. The molecule has 3 aliphatic rings. The van der Waals surface area contributed by atoms with Crippen molar-refractivity contribution >= 4 is 5.91 Å². The summed E-state index contributed by atoms with van der Waals surface area (Å²) < 4.78 is 13.4. The minimum Gasteiger partial charge on any atom is -0.376 e. The number of carbonyl (C=O) groups is 1. The fourth-order valence-corrected chi connectivity index (χ4v) is 4.64. The molecule has 2 aliphatic carbocycles. The van der Waals surface area contributed by atoms with Crippen LogP contribution in [0.15, 0.2) is 4.52 Å². The number of hydrogen-bond acceptors (Lipinski definition) is 6. The highest BCUT2D eigenvalue weighted by Gasteiger charge is 2.29. The molecule has 0 N–H and O–H groups in total. The molecule has 162 valence electrons. The quantitative estimate of drug-likeness (QED) is 0.661. The van der Waals surface area contributed by atoms with Crippen LogP contribution in [0.2, 0.25) is 0 Å². The first kappa shape index (κ1) is 19.7. The fraction of sp³-hybridized carbons (Fsp3) is 0.727. The molecule has 0 aromatic carbocycles. The Bertz CT molecular complexity index is 895.